The molecule has 0 bridgehead atoms. The van der Waals surface area contributed by atoms with Crippen LogP contribution in [0.25, 0.3) is 0 Å². The summed E-state index contributed by atoms with van der Waals surface area (Å²) in [7, 11) is 0. The van der Waals surface area contributed by atoms with E-state index >= 15 is 0 Å². The lowest BCUT2D eigenvalue weighted by Crippen LogP contribution is -2.26. The number of nitrogens with two attached hydrogens (primary N) is 1. The maximum Gasteiger partial charge on any atom is 0.131 e. The summed E-state index contributed by atoms with van der Waals surface area (Å²) in [5, 5.41) is 0. The Labute approximate surface area is 71.4 Å². The average molecular weight is 164 g/mol. The molecule has 1 aromatic rings. The zero-order valence-corrected chi connectivity index (χ0v) is 6.85. The number of nitrogens with zero attached hydrogens (tertiary/aromatic N) is 3. The molecule has 0 aliphatic carbocycles. The van der Waals surface area contributed by atoms with Gasteiger partial charge in [-0.1, -0.05) is 0 Å². The van der Waals surface area contributed by atoms with E-state index in [1.54, 1.807) is 12.5 Å². The molecule has 1 aliphatic rings. The molecule has 12 heavy (non-hydrogen) atoms. The van der Waals surface area contributed by atoms with E-state index in [9.17, 15) is 0 Å². The Morgan fingerprint density at radius 1 is 1.58 bits per heavy atom. The van der Waals surface area contributed by atoms with Crippen LogP contribution in [0.5, 0.6) is 0 Å². The van der Waals surface area contributed by atoms with Gasteiger partial charge in [-0.15, -0.1) is 0 Å². The summed E-state index contributed by atoms with van der Waals surface area (Å²) in [6.45, 7) is 1.93. The predicted octanol–water partition coefficient (Wildman–Crippen LogP) is 0.0140. The normalized spacial score (nSPS) is 23.1. The van der Waals surface area contributed by atoms with Crippen molar-refractivity contribution in [3.63, 3.8) is 0 Å². The second kappa shape index (κ2) is 3.06. The smallest absolute Gasteiger partial charge is 0.131 e. The lowest BCUT2D eigenvalue weighted by molar-refractivity contribution is 0.751. The Hall–Kier alpha value is -1.16. The van der Waals surface area contributed by atoms with Gasteiger partial charge in [-0.3, -0.25) is 0 Å². The van der Waals surface area contributed by atoms with Gasteiger partial charge in [0.15, 0.2) is 0 Å². The number of aromatic nitrogens is 2. The topological polar surface area (TPSA) is 55.0 Å². The van der Waals surface area contributed by atoms with Crippen LogP contribution in [0, 0.1) is 0 Å². The van der Waals surface area contributed by atoms with E-state index < -0.39 is 0 Å². The highest BCUT2D eigenvalue weighted by Crippen LogP contribution is 2.14. The molecular formula is C8H12N4. The van der Waals surface area contributed by atoms with Gasteiger partial charge in [0.05, 0.1) is 0 Å². The Morgan fingerprint density at radius 3 is 3.08 bits per heavy atom. The van der Waals surface area contributed by atoms with E-state index in [0.29, 0.717) is 6.04 Å². The first-order valence-electron chi connectivity index (χ1n) is 4.13. The molecular weight excluding hydrogens is 152 g/mol. The molecule has 1 atom stereocenters. The molecule has 4 heteroatoms. The summed E-state index contributed by atoms with van der Waals surface area (Å²) in [6, 6.07) is 2.22. The van der Waals surface area contributed by atoms with Crippen molar-refractivity contribution in [1.82, 2.24) is 9.97 Å². The van der Waals surface area contributed by atoms with Crippen LogP contribution in [0.1, 0.15) is 6.42 Å². The Bertz CT molecular complexity index is 248. The van der Waals surface area contributed by atoms with Crippen LogP contribution in [0.15, 0.2) is 18.6 Å². The van der Waals surface area contributed by atoms with Crippen molar-refractivity contribution in [3.05, 3.63) is 18.6 Å². The molecule has 0 spiro atoms. The highest BCUT2D eigenvalue weighted by molar-refractivity contribution is 5.38. The number of rotatable bonds is 1. The summed E-state index contributed by atoms with van der Waals surface area (Å²) in [6.07, 6.45) is 4.38. The van der Waals surface area contributed by atoms with Crippen LogP contribution >= 0.6 is 0 Å². The summed E-state index contributed by atoms with van der Waals surface area (Å²) < 4.78 is 0. The van der Waals surface area contributed by atoms with Crippen LogP contribution in [-0.2, 0) is 0 Å². The van der Waals surface area contributed by atoms with Crippen molar-refractivity contribution >= 4 is 5.82 Å². The first-order chi connectivity index (χ1) is 5.86. The SMILES string of the molecule is N[C@H]1CCN(c2ccncn2)C1. The van der Waals surface area contributed by atoms with E-state index in [1.807, 2.05) is 6.07 Å². The van der Waals surface area contributed by atoms with Crippen molar-refractivity contribution in [2.24, 2.45) is 5.73 Å². The Balaban J connectivity index is 2.11. The average Bonchev–Trinajstić information content (AvgIpc) is 2.54. The summed E-state index contributed by atoms with van der Waals surface area (Å²) in [5.41, 5.74) is 5.78. The highest BCUT2D eigenvalue weighted by atomic mass is 15.2. The van der Waals surface area contributed by atoms with Crippen LogP contribution in [0.4, 0.5) is 5.82 Å². The number of hydrogen-bond donors (Lipinski definition) is 1. The van der Waals surface area contributed by atoms with Crippen LogP contribution in [0.2, 0.25) is 0 Å². The third-order valence-electron chi connectivity index (χ3n) is 2.12. The van der Waals surface area contributed by atoms with E-state index in [1.165, 1.54) is 0 Å². The van der Waals surface area contributed by atoms with Crippen LogP contribution in [0.3, 0.4) is 0 Å². The quantitative estimate of drug-likeness (QED) is 0.635. The Morgan fingerprint density at radius 2 is 2.50 bits per heavy atom. The second-order valence-corrected chi connectivity index (χ2v) is 3.06. The van der Waals surface area contributed by atoms with Gasteiger partial charge in [0.1, 0.15) is 12.1 Å². The molecule has 0 aromatic carbocycles. The van der Waals surface area contributed by atoms with Crippen molar-refractivity contribution in [3.8, 4) is 0 Å². The van der Waals surface area contributed by atoms with Gasteiger partial charge < -0.3 is 10.6 Å². The standard InChI is InChI=1S/C8H12N4/c9-7-2-4-12(5-7)8-1-3-10-6-11-8/h1,3,6-7H,2,4-5,9H2/t7-/m0/s1. The van der Waals surface area contributed by atoms with Crippen molar-refractivity contribution in [1.29, 1.82) is 0 Å². The number of anilines is 1. The molecule has 0 unspecified atom stereocenters. The highest BCUT2D eigenvalue weighted by Gasteiger charge is 2.19. The largest absolute Gasteiger partial charge is 0.355 e. The van der Waals surface area contributed by atoms with Gasteiger partial charge in [-0.25, -0.2) is 9.97 Å². The minimum absolute atomic E-state index is 0.306. The lowest BCUT2D eigenvalue weighted by atomic mass is 10.3. The molecule has 2 rings (SSSR count). The Kier molecular flexibility index (Phi) is 1.91. The molecule has 2 N–H and O–H groups in total. The molecule has 0 radical (unpaired) electrons. The van der Waals surface area contributed by atoms with E-state index in [-0.39, 0.29) is 0 Å². The summed E-state index contributed by atoms with van der Waals surface area (Å²) in [4.78, 5) is 10.2. The molecule has 0 amide bonds. The third-order valence-corrected chi connectivity index (χ3v) is 2.12. The fraction of sp³-hybridized carbons (Fsp3) is 0.500. The van der Waals surface area contributed by atoms with E-state index in [4.69, 9.17) is 5.73 Å². The minimum atomic E-state index is 0.306. The molecule has 1 aliphatic heterocycles. The molecule has 2 heterocycles. The van der Waals surface area contributed by atoms with E-state index in [2.05, 4.69) is 14.9 Å². The number of hydrogen-bond acceptors (Lipinski definition) is 4. The molecule has 1 saturated heterocycles. The van der Waals surface area contributed by atoms with Gasteiger partial charge in [0, 0.05) is 25.3 Å². The first kappa shape index (κ1) is 7.49. The van der Waals surface area contributed by atoms with Gasteiger partial charge in [-0.2, -0.15) is 0 Å². The molecule has 4 nitrogen and oxygen atoms in total. The molecule has 1 aromatic heterocycles. The van der Waals surface area contributed by atoms with Crippen LogP contribution in [-0.4, -0.2) is 29.1 Å². The first-order valence-corrected chi connectivity index (χ1v) is 4.13. The second-order valence-electron chi connectivity index (χ2n) is 3.06. The van der Waals surface area contributed by atoms with Crippen molar-refractivity contribution in [2.45, 2.75) is 12.5 Å². The fourth-order valence-electron chi connectivity index (χ4n) is 1.47. The van der Waals surface area contributed by atoms with Crippen molar-refractivity contribution in [2.75, 3.05) is 18.0 Å². The lowest BCUT2D eigenvalue weighted by Gasteiger charge is -2.15. The predicted molar refractivity (Wildman–Crippen MR) is 46.8 cm³/mol. The zero-order chi connectivity index (χ0) is 8.39. The van der Waals surface area contributed by atoms with Gasteiger partial charge in [-0.05, 0) is 12.5 Å². The third kappa shape index (κ3) is 1.38. The summed E-state index contributed by atoms with van der Waals surface area (Å²) in [5.74, 6) is 0.984. The van der Waals surface area contributed by atoms with Gasteiger partial charge in [0.25, 0.3) is 0 Å². The van der Waals surface area contributed by atoms with Crippen LogP contribution < -0.4 is 10.6 Å². The fourth-order valence-corrected chi connectivity index (χ4v) is 1.47. The monoisotopic (exact) mass is 164 g/mol. The zero-order valence-electron chi connectivity index (χ0n) is 6.85. The molecule has 64 valence electrons. The van der Waals surface area contributed by atoms with Crippen molar-refractivity contribution < 1.29 is 0 Å². The summed E-state index contributed by atoms with van der Waals surface area (Å²) >= 11 is 0. The minimum Gasteiger partial charge on any atom is -0.355 e. The maximum atomic E-state index is 5.78. The molecule has 1 fully saturated rings. The maximum absolute atomic E-state index is 5.78. The van der Waals surface area contributed by atoms with E-state index in [0.717, 1.165) is 25.3 Å². The molecule has 0 saturated carbocycles. The van der Waals surface area contributed by atoms with Gasteiger partial charge in [0.2, 0.25) is 0 Å². The van der Waals surface area contributed by atoms with Gasteiger partial charge >= 0.3 is 0 Å².